The first-order chi connectivity index (χ1) is 8.79. The first-order valence-corrected chi connectivity index (χ1v) is 7.46. The van der Waals surface area contributed by atoms with Crippen molar-refractivity contribution in [2.45, 2.75) is 45.0 Å². The van der Waals surface area contributed by atoms with E-state index in [1.54, 1.807) is 0 Å². The van der Waals surface area contributed by atoms with Gasteiger partial charge in [-0.2, -0.15) is 0 Å². The first kappa shape index (κ1) is 16.6. The summed E-state index contributed by atoms with van der Waals surface area (Å²) >= 11 is 12.2. The summed E-state index contributed by atoms with van der Waals surface area (Å²) in [6.45, 7) is 10.1. The number of hydrogen-bond donors (Lipinski definition) is 1. The average molecular weight is 304 g/mol. The number of phenols is 1. The first-order valence-electron chi connectivity index (χ1n) is 6.59. The molecule has 0 heterocycles. The molecule has 2 atom stereocenters. The SMILES string of the molecule is Cc1cc(C)c(O)c(CN(C[C@@H](C)Cl)C[C@@H](C)Cl)c1. The van der Waals surface area contributed by atoms with E-state index in [-0.39, 0.29) is 10.8 Å². The largest absolute Gasteiger partial charge is 0.507 e. The number of aryl methyl sites for hydroxylation is 2. The van der Waals surface area contributed by atoms with Gasteiger partial charge in [0.05, 0.1) is 0 Å². The van der Waals surface area contributed by atoms with Gasteiger partial charge < -0.3 is 5.11 Å². The Kier molecular flexibility index (Phi) is 6.45. The summed E-state index contributed by atoms with van der Waals surface area (Å²) in [5.74, 6) is 0.375. The van der Waals surface area contributed by atoms with Gasteiger partial charge >= 0.3 is 0 Å². The molecule has 0 saturated carbocycles. The van der Waals surface area contributed by atoms with Crippen LogP contribution in [0.2, 0.25) is 0 Å². The van der Waals surface area contributed by atoms with Crippen LogP contribution in [-0.4, -0.2) is 33.9 Å². The lowest BCUT2D eigenvalue weighted by molar-refractivity contribution is 0.266. The number of nitrogens with zero attached hydrogens (tertiary/aromatic N) is 1. The van der Waals surface area contributed by atoms with Crippen LogP contribution in [0.1, 0.15) is 30.5 Å². The number of rotatable bonds is 6. The molecule has 0 radical (unpaired) electrons. The zero-order chi connectivity index (χ0) is 14.6. The topological polar surface area (TPSA) is 23.5 Å². The Bertz CT molecular complexity index is 409. The van der Waals surface area contributed by atoms with Gasteiger partial charge in [0, 0.05) is 36.0 Å². The molecule has 0 aliphatic carbocycles. The summed E-state index contributed by atoms with van der Waals surface area (Å²) in [6, 6.07) is 4.00. The molecule has 4 heteroatoms. The molecule has 0 unspecified atom stereocenters. The van der Waals surface area contributed by atoms with E-state index < -0.39 is 0 Å². The summed E-state index contributed by atoms with van der Waals surface area (Å²) in [5, 5.41) is 10.3. The molecule has 0 aliphatic heterocycles. The molecule has 1 rings (SSSR count). The molecule has 0 amide bonds. The van der Waals surface area contributed by atoms with Gasteiger partial charge in [-0.3, -0.25) is 4.90 Å². The van der Waals surface area contributed by atoms with Gasteiger partial charge in [0.1, 0.15) is 5.75 Å². The van der Waals surface area contributed by atoms with Crippen molar-refractivity contribution in [2.24, 2.45) is 0 Å². The molecule has 2 nitrogen and oxygen atoms in total. The third kappa shape index (κ3) is 5.60. The number of phenolic OH excluding ortho intramolecular Hbond substituents is 1. The fourth-order valence-corrected chi connectivity index (χ4v) is 2.71. The van der Waals surface area contributed by atoms with E-state index >= 15 is 0 Å². The third-order valence-electron chi connectivity index (χ3n) is 2.94. The van der Waals surface area contributed by atoms with E-state index in [1.807, 2.05) is 39.8 Å². The lowest BCUT2D eigenvalue weighted by Crippen LogP contribution is -2.33. The predicted octanol–water partition coefficient (Wildman–Crippen LogP) is 4.07. The molecule has 0 aliphatic rings. The van der Waals surface area contributed by atoms with Crippen molar-refractivity contribution in [1.82, 2.24) is 4.90 Å². The highest BCUT2D eigenvalue weighted by Crippen LogP contribution is 2.25. The normalized spacial score (nSPS) is 14.7. The maximum absolute atomic E-state index is 10.1. The maximum atomic E-state index is 10.1. The second-order valence-electron chi connectivity index (χ2n) is 5.35. The van der Waals surface area contributed by atoms with E-state index in [1.165, 1.54) is 0 Å². The zero-order valence-electron chi connectivity index (χ0n) is 12.1. The van der Waals surface area contributed by atoms with Crippen molar-refractivity contribution in [3.8, 4) is 5.75 Å². The van der Waals surface area contributed by atoms with Gasteiger partial charge in [-0.15, -0.1) is 23.2 Å². The van der Waals surface area contributed by atoms with Crippen LogP contribution in [0.15, 0.2) is 12.1 Å². The van der Waals surface area contributed by atoms with Crippen LogP contribution in [0.5, 0.6) is 5.75 Å². The number of hydrogen-bond acceptors (Lipinski definition) is 2. The minimum Gasteiger partial charge on any atom is -0.507 e. The maximum Gasteiger partial charge on any atom is 0.122 e. The Hall–Kier alpha value is -0.440. The van der Waals surface area contributed by atoms with Crippen molar-refractivity contribution < 1.29 is 5.11 Å². The Labute approximate surface area is 126 Å². The standard InChI is InChI=1S/C15H23Cl2NO/c1-10-5-11(2)15(19)14(6-10)9-18(7-12(3)16)8-13(4)17/h5-6,12-13,19H,7-9H2,1-4H3/t12-,13-/m1/s1. The number of alkyl halides is 2. The molecule has 0 saturated heterocycles. The molecule has 0 fully saturated rings. The second kappa shape index (κ2) is 7.37. The lowest BCUT2D eigenvalue weighted by atomic mass is 10.0. The second-order valence-corrected chi connectivity index (χ2v) is 6.84. The predicted molar refractivity (Wildman–Crippen MR) is 83.5 cm³/mol. The van der Waals surface area contributed by atoms with E-state index in [9.17, 15) is 5.11 Å². The molecule has 108 valence electrons. The highest BCUT2D eigenvalue weighted by molar-refractivity contribution is 6.21. The van der Waals surface area contributed by atoms with E-state index in [0.717, 1.165) is 29.8 Å². The van der Waals surface area contributed by atoms with Gasteiger partial charge in [0.25, 0.3) is 0 Å². The number of benzene rings is 1. The Balaban J connectivity index is 2.89. The van der Waals surface area contributed by atoms with Crippen molar-refractivity contribution in [3.05, 3.63) is 28.8 Å². The summed E-state index contributed by atoms with van der Waals surface area (Å²) in [7, 11) is 0. The van der Waals surface area contributed by atoms with Crippen LogP contribution in [-0.2, 0) is 6.54 Å². The molecule has 0 bridgehead atoms. The van der Waals surface area contributed by atoms with Gasteiger partial charge in [-0.1, -0.05) is 17.7 Å². The molecule has 0 aromatic heterocycles. The van der Waals surface area contributed by atoms with E-state index in [4.69, 9.17) is 23.2 Å². The van der Waals surface area contributed by atoms with Crippen molar-refractivity contribution in [3.63, 3.8) is 0 Å². The van der Waals surface area contributed by atoms with Crippen LogP contribution in [0.25, 0.3) is 0 Å². The summed E-state index contributed by atoms with van der Waals surface area (Å²) < 4.78 is 0. The lowest BCUT2D eigenvalue weighted by Gasteiger charge is -2.25. The van der Waals surface area contributed by atoms with Crippen LogP contribution < -0.4 is 0 Å². The van der Waals surface area contributed by atoms with E-state index in [2.05, 4.69) is 4.90 Å². The van der Waals surface area contributed by atoms with Gasteiger partial charge in [-0.25, -0.2) is 0 Å². The Morgan fingerprint density at radius 3 is 2.11 bits per heavy atom. The molecule has 19 heavy (non-hydrogen) atoms. The van der Waals surface area contributed by atoms with Crippen molar-refractivity contribution in [1.29, 1.82) is 0 Å². The Morgan fingerprint density at radius 2 is 1.63 bits per heavy atom. The van der Waals surface area contributed by atoms with Gasteiger partial charge in [0.2, 0.25) is 0 Å². The summed E-state index contributed by atoms with van der Waals surface area (Å²) in [5.41, 5.74) is 3.00. The number of aromatic hydroxyl groups is 1. The highest BCUT2D eigenvalue weighted by atomic mass is 35.5. The third-order valence-corrected chi connectivity index (χ3v) is 3.21. The zero-order valence-corrected chi connectivity index (χ0v) is 13.6. The molecule has 0 spiro atoms. The van der Waals surface area contributed by atoms with Crippen LogP contribution >= 0.6 is 23.2 Å². The minimum absolute atomic E-state index is 0.0588. The molecule has 1 aromatic carbocycles. The fraction of sp³-hybridized carbons (Fsp3) is 0.600. The van der Waals surface area contributed by atoms with Crippen LogP contribution in [0, 0.1) is 13.8 Å². The number of halogens is 2. The van der Waals surface area contributed by atoms with E-state index in [0.29, 0.717) is 12.3 Å². The van der Waals surface area contributed by atoms with Crippen LogP contribution in [0.3, 0.4) is 0 Å². The summed E-state index contributed by atoms with van der Waals surface area (Å²) in [6.07, 6.45) is 0. The van der Waals surface area contributed by atoms with Crippen LogP contribution in [0.4, 0.5) is 0 Å². The van der Waals surface area contributed by atoms with Crippen molar-refractivity contribution in [2.75, 3.05) is 13.1 Å². The minimum atomic E-state index is 0.0588. The van der Waals surface area contributed by atoms with Gasteiger partial charge in [0.15, 0.2) is 0 Å². The fourth-order valence-electron chi connectivity index (χ4n) is 2.32. The smallest absolute Gasteiger partial charge is 0.122 e. The van der Waals surface area contributed by atoms with Crippen molar-refractivity contribution >= 4 is 23.2 Å². The van der Waals surface area contributed by atoms with Gasteiger partial charge in [-0.05, 0) is 33.3 Å². The Morgan fingerprint density at radius 1 is 1.11 bits per heavy atom. The summed E-state index contributed by atoms with van der Waals surface area (Å²) in [4.78, 5) is 2.18. The molecular formula is C15H23Cl2NO. The highest BCUT2D eigenvalue weighted by Gasteiger charge is 2.15. The molecule has 1 N–H and O–H groups in total. The molecular weight excluding hydrogens is 281 g/mol. The monoisotopic (exact) mass is 303 g/mol. The average Bonchev–Trinajstić information content (AvgIpc) is 2.23. The quantitative estimate of drug-likeness (QED) is 0.801. The molecule has 1 aromatic rings.